The number of likely N-dealkylation sites (tertiary alicyclic amines) is 1. The van der Waals surface area contributed by atoms with E-state index < -0.39 is 53.4 Å². The predicted molar refractivity (Wildman–Crippen MR) is 154 cm³/mol. The highest BCUT2D eigenvalue weighted by molar-refractivity contribution is 8.18. The number of piperidine rings is 1. The van der Waals surface area contributed by atoms with E-state index in [0.29, 0.717) is 53.2 Å². The molecule has 232 valence electrons. The van der Waals surface area contributed by atoms with Crippen molar-refractivity contribution in [2.24, 2.45) is 10.9 Å². The number of halogens is 6. The summed E-state index contributed by atoms with van der Waals surface area (Å²) in [7, 11) is 0. The lowest BCUT2D eigenvalue weighted by Gasteiger charge is -2.30. The first-order chi connectivity index (χ1) is 20.1. The first kappa shape index (κ1) is 33.7. The maximum atomic E-state index is 13.5. The lowest BCUT2D eigenvalue weighted by molar-refractivity contribution is -0.144. The summed E-state index contributed by atoms with van der Waals surface area (Å²) < 4.78 is 79.5. The zero-order valence-corrected chi connectivity index (χ0v) is 24.3. The molecule has 2 aromatic carbocycles. The highest BCUT2D eigenvalue weighted by atomic mass is 32.2. The highest BCUT2D eigenvalue weighted by Crippen LogP contribution is 2.38. The third-order valence-electron chi connectivity index (χ3n) is 6.68. The van der Waals surface area contributed by atoms with Crippen molar-refractivity contribution in [3.8, 4) is 0 Å². The van der Waals surface area contributed by atoms with Gasteiger partial charge in [0.1, 0.15) is 0 Å². The molecule has 1 fully saturated rings. The van der Waals surface area contributed by atoms with E-state index in [1.54, 1.807) is 18.2 Å². The monoisotopic (exact) mass is 628 g/mol. The lowest BCUT2D eigenvalue weighted by Crippen LogP contribution is -2.38. The summed E-state index contributed by atoms with van der Waals surface area (Å²) in [5.74, 6) is -1.75. The minimum absolute atomic E-state index is 0.0693. The second-order valence-corrected chi connectivity index (χ2v) is 10.6. The van der Waals surface area contributed by atoms with Gasteiger partial charge in [-0.25, -0.2) is 0 Å². The number of aliphatic imine (C=N–C) groups is 1. The number of hydrogen-bond donors (Lipinski definition) is 3. The molecule has 1 saturated heterocycles. The largest absolute Gasteiger partial charge is 0.481 e. The Kier molecular flexibility index (Phi) is 10.7. The molecule has 2 heterocycles. The van der Waals surface area contributed by atoms with Crippen LogP contribution in [0.2, 0.25) is 0 Å². The van der Waals surface area contributed by atoms with Gasteiger partial charge in [-0.1, -0.05) is 26.0 Å². The van der Waals surface area contributed by atoms with Gasteiger partial charge in [-0.2, -0.15) is 31.3 Å². The van der Waals surface area contributed by atoms with Crippen molar-refractivity contribution in [3.05, 3.63) is 69.1 Å². The van der Waals surface area contributed by atoms with E-state index in [0.717, 1.165) is 17.8 Å². The molecule has 2 aliphatic rings. The van der Waals surface area contributed by atoms with Crippen molar-refractivity contribution >= 4 is 46.3 Å². The van der Waals surface area contributed by atoms with Crippen LogP contribution in [0, 0.1) is 11.3 Å². The molecule has 0 aromatic heterocycles. The number of carbonyl (C=O) groups is 2. The number of nitrogens with zero attached hydrogens (tertiary/aromatic N) is 2. The van der Waals surface area contributed by atoms with Gasteiger partial charge in [0.2, 0.25) is 0 Å². The Hall–Kier alpha value is -3.81. The number of alkyl halides is 6. The third kappa shape index (κ3) is 8.39. The number of thioether (sulfide) groups is 1. The number of nitrogens with one attached hydrogen (secondary N) is 2. The van der Waals surface area contributed by atoms with Crippen molar-refractivity contribution in [3.63, 3.8) is 0 Å². The summed E-state index contributed by atoms with van der Waals surface area (Å²) in [6.45, 7) is 5.93. The Balaban J connectivity index is 0.00000248. The van der Waals surface area contributed by atoms with Crippen LogP contribution in [-0.2, 0) is 28.5 Å². The molecule has 0 saturated carbocycles. The molecule has 43 heavy (non-hydrogen) atoms. The number of anilines is 1. The van der Waals surface area contributed by atoms with Crippen LogP contribution >= 0.6 is 11.8 Å². The predicted octanol–water partition coefficient (Wildman–Crippen LogP) is 7.52. The fraction of sp³-hybridized carbons (Fsp3) is 0.379. The molecule has 0 radical (unpaired) electrons. The standard InChI is InChI=1S/C27H24F6N4O3S.C2H6/c1-14(34)19-10-15(11-22-23(38)36-25(41-22)37-8-6-16(7-9-37)24(39)40)2-5-21(19)35-13-17-3-4-18(26(28,29)30)12-20(17)27(31,32)33;1-2/h2-5,10-12,16,34-35H,6-9,13H2,1H3,(H,39,40);1-2H3/b22-11-,34-14?;. The summed E-state index contributed by atoms with van der Waals surface area (Å²) in [4.78, 5) is 30.0. The maximum Gasteiger partial charge on any atom is 0.416 e. The molecule has 0 spiro atoms. The zero-order valence-electron chi connectivity index (χ0n) is 23.5. The molecule has 7 nitrogen and oxygen atoms in total. The molecule has 0 bridgehead atoms. The number of aliphatic carboxylic acids is 1. The van der Waals surface area contributed by atoms with Gasteiger partial charge in [0.25, 0.3) is 5.91 Å². The Morgan fingerprint density at radius 2 is 1.74 bits per heavy atom. The number of rotatable bonds is 6. The van der Waals surface area contributed by atoms with Gasteiger partial charge in [0.15, 0.2) is 5.17 Å². The van der Waals surface area contributed by atoms with Gasteiger partial charge in [-0.15, -0.1) is 0 Å². The van der Waals surface area contributed by atoms with Gasteiger partial charge in [0, 0.05) is 36.6 Å². The van der Waals surface area contributed by atoms with E-state index in [1.165, 1.54) is 13.0 Å². The minimum atomic E-state index is -5.01. The molecule has 0 aliphatic carbocycles. The normalized spacial score (nSPS) is 17.0. The SMILES string of the molecule is CC.CC(=N)c1cc(/C=C2\SC(N3CCC(C(=O)O)CC3)=NC2=O)ccc1NCc1ccc(C(F)(F)F)cc1C(F)(F)F. The van der Waals surface area contributed by atoms with E-state index in [-0.39, 0.29) is 17.5 Å². The third-order valence-corrected chi connectivity index (χ3v) is 7.73. The molecular formula is C29H30F6N4O3S. The molecule has 14 heteroatoms. The fourth-order valence-electron chi connectivity index (χ4n) is 4.48. The molecule has 3 N–H and O–H groups in total. The van der Waals surface area contributed by atoms with Gasteiger partial charge >= 0.3 is 18.3 Å². The number of amidine groups is 1. The van der Waals surface area contributed by atoms with Crippen LogP contribution in [0.25, 0.3) is 6.08 Å². The average molecular weight is 629 g/mol. The summed E-state index contributed by atoms with van der Waals surface area (Å²) in [5.41, 5.74) is -1.99. The number of amides is 1. The van der Waals surface area contributed by atoms with Gasteiger partial charge in [0.05, 0.1) is 21.9 Å². The number of carboxylic acid groups (broad SMARTS) is 1. The fourth-order valence-corrected chi connectivity index (χ4v) is 5.44. The van der Waals surface area contributed by atoms with Crippen molar-refractivity contribution in [2.75, 3.05) is 18.4 Å². The molecule has 0 unspecified atom stereocenters. The van der Waals surface area contributed by atoms with Crippen molar-refractivity contribution < 1.29 is 41.0 Å². The maximum absolute atomic E-state index is 13.5. The summed E-state index contributed by atoms with van der Waals surface area (Å²) in [6.07, 6.45) is -7.48. The van der Waals surface area contributed by atoms with Crippen molar-refractivity contribution in [2.45, 2.75) is 52.5 Å². The zero-order chi connectivity index (χ0) is 32.1. The van der Waals surface area contributed by atoms with Crippen LogP contribution in [-0.4, -0.2) is 45.9 Å². The van der Waals surface area contributed by atoms with Gasteiger partial charge in [-0.05, 0) is 73.0 Å². The van der Waals surface area contributed by atoms with Crippen LogP contribution in [0.15, 0.2) is 46.3 Å². The van der Waals surface area contributed by atoms with Crippen LogP contribution in [0.5, 0.6) is 0 Å². The topological polar surface area (TPSA) is 106 Å². The Labute approximate surface area is 248 Å². The van der Waals surface area contributed by atoms with E-state index >= 15 is 0 Å². The minimum Gasteiger partial charge on any atom is -0.481 e. The van der Waals surface area contributed by atoms with Crippen LogP contribution in [0.1, 0.15) is 61.4 Å². The lowest BCUT2D eigenvalue weighted by atomic mass is 9.98. The summed E-state index contributed by atoms with van der Waals surface area (Å²) in [6, 6.07) is 6.11. The van der Waals surface area contributed by atoms with Crippen LogP contribution in [0.4, 0.5) is 32.0 Å². The molecule has 2 aromatic rings. The van der Waals surface area contributed by atoms with E-state index in [2.05, 4.69) is 10.3 Å². The molecule has 1 amide bonds. The van der Waals surface area contributed by atoms with Crippen molar-refractivity contribution in [1.29, 1.82) is 5.41 Å². The van der Waals surface area contributed by atoms with Crippen molar-refractivity contribution in [1.82, 2.24) is 4.90 Å². The number of carbonyl (C=O) groups excluding carboxylic acids is 1. The highest BCUT2D eigenvalue weighted by Gasteiger charge is 2.38. The van der Waals surface area contributed by atoms with E-state index in [4.69, 9.17) is 5.41 Å². The molecule has 4 rings (SSSR count). The number of hydrogen-bond acceptors (Lipinski definition) is 6. The molecular weight excluding hydrogens is 598 g/mol. The first-order valence-corrected chi connectivity index (χ1v) is 14.2. The smallest absolute Gasteiger partial charge is 0.416 e. The van der Waals surface area contributed by atoms with Gasteiger partial charge in [-0.3, -0.25) is 9.59 Å². The number of carboxylic acids is 1. The first-order valence-electron chi connectivity index (χ1n) is 13.3. The van der Waals surface area contributed by atoms with Crippen LogP contribution < -0.4 is 5.32 Å². The van der Waals surface area contributed by atoms with E-state index in [9.17, 15) is 41.0 Å². The van der Waals surface area contributed by atoms with E-state index in [1.807, 2.05) is 18.7 Å². The summed E-state index contributed by atoms with van der Waals surface area (Å²) >= 11 is 1.15. The second kappa shape index (κ2) is 13.7. The van der Waals surface area contributed by atoms with Crippen LogP contribution in [0.3, 0.4) is 0 Å². The Bertz CT molecular complexity index is 1440. The number of benzene rings is 2. The second-order valence-electron chi connectivity index (χ2n) is 9.56. The Morgan fingerprint density at radius 1 is 1.09 bits per heavy atom. The van der Waals surface area contributed by atoms with Gasteiger partial charge < -0.3 is 20.7 Å². The quantitative estimate of drug-likeness (QED) is 0.174. The molecule has 2 aliphatic heterocycles. The summed E-state index contributed by atoms with van der Waals surface area (Å²) in [5, 5.41) is 20.6. The molecule has 0 atom stereocenters. The Morgan fingerprint density at radius 3 is 2.30 bits per heavy atom. The average Bonchev–Trinajstić information content (AvgIpc) is 3.31.